The van der Waals surface area contributed by atoms with Crippen molar-refractivity contribution in [2.24, 2.45) is 5.92 Å². The third-order valence-electron chi connectivity index (χ3n) is 5.60. The van der Waals surface area contributed by atoms with Gasteiger partial charge in [-0.3, -0.25) is 4.79 Å². The van der Waals surface area contributed by atoms with Gasteiger partial charge in [-0.1, -0.05) is 0 Å². The lowest BCUT2D eigenvalue weighted by Gasteiger charge is -2.33. The number of methoxy groups -OCH3 is 1. The van der Waals surface area contributed by atoms with Crippen molar-refractivity contribution in [3.05, 3.63) is 17.5 Å². The highest BCUT2D eigenvalue weighted by Crippen LogP contribution is 2.24. The SMILES string of the molecule is COCCCC1CCCN(C(=O)c2cnc(N3CCCCC3)nc2C)C1. The molecule has 2 aliphatic heterocycles. The minimum absolute atomic E-state index is 0.0872. The smallest absolute Gasteiger partial charge is 0.257 e. The van der Waals surface area contributed by atoms with Crippen molar-refractivity contribution in [1.29, 1.82) is 0 Å². The summed E-state index contributed by atoms with van der Waals surface area (Å²) in [6.07, 6.45) is 9.89. The van der Waals surface area contributed by atoms with E-state index in [0.717, 1.165) is 63.7 Å². The van der Waals surface area contributed by atoms with Gasteiger partial charge in [0.15, 0.2) is 0 Å². The predicted molar refractivity (Wildman–Crippen MR) is 103 cm³/mol. The first-order valence-corrected chi connectivity index (χ1v) is 10.1. The second kappa shape index (κ2) is 9.31. The second-order valence-corrected chi connectivity index (χ2v) is 7.61. The molecule has 0 bridgehead atoms. The first-order valence-electron chi connectivity index (χ1n) is 10.1. The Bertz CT molecular complexity index is 601. The monoisotopic (exact) mass is 360 g/mol. The summed E-state index contributed by atoms with van der Waals surface area (Å²) >= 11 is 0. The number of anilines is 1. The van der Waals surface area contributed by atoms with Crippen LogP contribution in [0.15, 0.2) is 6.20 Å². The van der Waals surface area contributed by atoms with E-state index in [1.165, 1.54) is 25.7 Å². The number of aryl methyl sites for hydroxylation is 1. The molecule has 0 saturated carbocycles. The largest absolute Gasteiger partial charge is 0.385 e. The van der Waals surface area contributed by atoms with Crippen LogP contribution in [0.4, 0.5) is 5.95 Å². The molecule has 1 aromatic rings. The summed E-state index contributed by atoms with van der Waals surface area (Å²) in [6.45, 7) is 6.45. The molecule has 2 saturated heterocycles. The number of ether oxygens (including phenoxy) is 1. The Balaban J connectivity index is 1.63. The van der Waals surface area contributed by atoms with Crippen molar-refractivity contribution < 1.29 is 9.53 Å². The molecule has 0 aliphatic carbocycles. The van der Waals surface area contributed by atoms with Gasteiger partial charge in [0.05, 0.1) is 11.3 Å². The van der Waals surface area contributed by atoms with Crippen molar-refractivity contribution in [1.82, 2.24) is 14.9 Å². The number of amides is 1. The molecule has 144 valence electrons. The molecule has 2 aliphatic rings. The van der Waals surface area contributed by atoms with Crippen LogP contribution in [0.1, 0.15) is 61.0 Å². The van der Waals surface area contributed by atoms with Gasteiger partial charge >= 0.3 is 0 Å². The van der Waals surface area contributed by atoms with Crippen molar-refractivity contribution in [2.75, 3.05) is 44.8 Å². The molecule has 0 spiro atoms. The molecule has 6 heteroatoms. The number of carbonyl (C=O) groups excluding carboxylic acids is 1. The summed E-state index contributed by atoms with van der Waals surface area (Å²) < 4.78 is 5.15. The van der Waals surface area contributed by atoms with Crippen LogP contribution in [0.25, 0.3) is 0 Å². The first-order chi connectivity index (χ1) is 12.7. The van der Waals surface area contributed by atoms with Gasteiger partial charge in [-0.15, -0.1) is 0 Å². The normalized spacial score (nSPS) is 21.1. The third-order valence-corrected chi connectivity index (χ3v) is 5.60. The highest BCUT2D eigenvalue weighted by atomic mass is 16.5. The molecule has 1 atom stereocenters. The van der Waals surface area contributed by atoms with E-state index in [0.29, 0.717) is 11.5 Å². The molecular formula is C20H32N4O2. The van der Waals surface area contributed by atoms with Crippen molar-refractivity contribution in [3.63, 3.8) is 0 Å². The minimum atomic E-state index is 0.0872. The highest BCUT2D eigenvalue weighted by Gasteiger charge is 2.26. The van der Waals surface area contributed by atoms with Gasteiger partial charge in [0.2, 0.25) is 5.95 Å². The lowest BCUT2D eigenvalue weighted by atomic mass is 9.93. The van der Waals surface area contributed by atoms with E-state index in [-0.39, 0.29) is 5.91 Å². The van der Waals surface area contributed by atoms with E-state index < -0.39 is 0 Å². The summed E-state index contributed by atoms with van der Waals surface area (Å²) in [7, 11) is 1.74. The van der Waals surface area contributed by atoms with Crippen molar-refractivity contribution >= 4 is 11.9 Å². The van der Waals surface area contributed by atoms with E-state index in [2.05, 4.69) is 14.9 Å². The molecule has 0 aromatic carbocycles. The van der Waals surface area contributed by atoms with Gasteiger partial charge in [0.1, 0.15) is 0 Å². The molecule has 6 nitrogen and oxygen atoms in total. The molecule has 1 amide bonds. The number of nitrogens with zero attached hydrogens (tertiary/aromatic N) is 4. The van der Waals surface area contributed by atoms with Crippen LogP contribution in [-0.4, -0.2) is 60.7 Å². The van der Waals surface area contributed by atoms with Crippen LogP contribution in [0.5, 0.6) is 0 Å². The highest BCUT2D eigenvalue weighted by molar-refractivity contribution is 5.95. The first kappa shape index (κ1) is 19.1. The fourth-order valence-corrected chi connectivity index (χ4v) is 4.08. The van der Waals surface area contributed by atoms with Crippen LogP contribution in [0.2, 0.25) is 0 Å². The van der Waals surface area contributed by atoms with E-state index in [4.69, 9.17) is 4.74 Å². The maximum absolute atomic E-state index is 13.0. The van der Waals surface area contributed by atoms with Gasteiger partial charge in [0, 0.05) is 46.1 Å². The standard InChI is InChI=1S/C20H32N4O2/c1-16-18(14-21-20(22-16)23-10-4-3-5-11-23)19(25)24-12-6-8-17(15-24)9-7-13-26-2/h14,17H,3-13,15H2,1-2H3. The lowest BCUT2D eigenvalue weighted by Crippen LogP contribution is -2.40. The number of aromatic nitrogens is 2. The number of rotatable bonds is 6. The molecular weight excluding hydrogens is 328 g/mol. The quantitative estimate of drug-likeness (QED) is 0.730. The van der Waals surface area contributed by atoms with Crippen LogP contribution in [0.3, 0.4) is 0 Å². The fourth-order valence-electron chi connectivity index (χ4n) is 4.08. The topological polar surface area (TPSA) is 58.6 Å². The van der Waals surface area contributed by atoms with Gasteiger partial charge < -0.3 is 14.5 Å². The van der Waals surface area contributed by atoms with Crippen molar-refractivity contribution in [3.8, 4) is 0 Å². The Kier molecular flexibility index (Phi) is 6.83. The molecule has 26 heavy (non-hydrogen) atoms. The van der Waals surface area contributed by atoms with Gasteiger partial charge in [0.25, 0.3) is 5.91 Å². The summed E-state index contributed by atoms with van der Waals surface area (Å²) in [5.41, 5.74) is 1.45. The summed E-state index contributed by atoms with van der Waals surface area (Å²) in [6, 6.07) is 0. The van der Waals surface area contributed by atoms with E-state index in [1.54, 1.807) is 13.3 Å². The number of carbonyl (C=O) groups is 1. The number of hydrogen-bond acceptors (Lipinski definition) is 5. The average molecular weight is 361 g/mol. The predicted octanol–water partition coefficient (Wildman–Crippen LogP) is 3.05. The van der Waals surface area contributed by atoms with Gasteiger partial charge in [-0.05, 0) is 57.8 Å². The number of piperidine rings is 2. The Morgan fingerprint density at radius 3 is 2.77 bits per heavy atom. The zero-order valence-electron chi connectivity index (χ0n) is 16.2. The Labute approximate surface area is 156 Å². The van der Waals surface area contributed by atoms with Gasteiger partial charge in [-0.2, -0.15) is 0 Å². The van der Waals surface area contributed by atoms with Gasteiger partial charge in [-0.25, -0.2) is 9.97 Å². The van der Waals surface area contributed by atoms with Crippen molar-refractivity contribution in [2.45, 2.75) is 51.9 Å². The summed E-state index contributed by atoms with van der Waals surface area (Å²) in [5.74, 6) is 1.44. The molecule has 1 unspecified atom stereocenters. The molecule has 2 fully saturated rings. The van der Waals surface area contributed by atoms with E-state index in [1.807, 2.05) is 11.8 Å². The summed E-state index contributed by atoms with van der Waals surface area (Å²) in [5, 5.41) is 0. The lowest BCUT2D eigenvalue weighted by molar-refractivity contribution is 0.0659. The van der Waals surface area contributed by atoms with Crippen LogP contribution in [-0.2, 0) is 4.74 Å². The van der Waals surface area contributed by atoms with E-state index >= 15 is 0 Å². The number of hydrogen-bond donors (Lipinski definition) is 0. The Hall–Kier alpha value is -1.69. The van der Waals surface area contributed by atoms with Crippen LogP contribution < -0.4 is 4.90 Å². The molecule has 3 rings (SSSR count). The molecule has 0 radical (unpaired) electrons. The zero-order valence-corrected chi connectivity index (χ0v) is 16.2. The minimum Gasteiger partial charge on any atom is -0.385 e. The Morgan fingerprint density at radius 2 is 2.04 bits per heavy atom. The molecule has 3 heterocycles. The fraction of sp³-hybridized carbons (Fsp3) is 0.750. The number of likely N-dealkylation sites (tertiary alicyclic amines) is 1. The molecule has 1 aromatic heterocycles. The molecule has 0 N–H and O–H groups in total. The zero-order chi connectivity index (χ0) is 18.4. The average Bonchev–Trinajstić information content (AvgIpc) is 2.68. The maximum atomic E-state index is 13.0. The third kappa shape index (κ3) is 4.72. The summed E-state index contributed by atoms with van der Waals surface area (Å²) in [4.78, 5) is 26.4. The van der Waals surface area contributed by atoms with Crippen LogP contribution >= 0.6 is 0 Å². The Morgan fingerprint density at radius 1 is 1.23 bits per heavy atom. The maximum Gasteiger partial charge on any atom is 0.257 e. The second-order valence-electron chi connectivity index (χ2n) is 7.61. The van der Waals surface area contributed by atoms with E-state index in [9.17, 15) is 4.79 Å². The van der Waals surface area contributed by atoms with Crippen LogP contribution in [0, 0.1) is 12.8 Å².